The van der Waals surface area contributed by atoms with Crippen molar-refractivity contribution in [3.63, 3.8) is 0 Å². The van der Waals surface area contributed by atoms with Crippen LogP contribution in [0, 0.1) is 11.3 Å². The molecule has 3 heterocycles. The normalized spacial score (nSPS) is 17.3. The number of nitrogens with zero attached hydrogens (tertiary/aromatic N) is 6. The molecule has 1 unspecified atom stereocenters. The van der Waals surface area contributed by atoms with Gasteiger partial charge in [-0.3, -0.25) is 4.79 Å². The molecule has 1 N–H and O–H groups in total. The molecule has 1 aliphatic rings. The number of nitriles is 1. The topological polar surface area (TPSA) is 109 Å². The number of allylic oxidation sites excluding steroid dienone is 1. The van der Waals surface area contributed by atoms with Crippen LogP contribution in [0.4, 0.5) is 13.2 Å². The minimum atomic E-state index is -4.98. The van der Waals surface area contributed by atoms with E-state index in [9.17, 15) is 18.0 Å². The lowest BCUT2D eigenvalue weighted by molar-refractivity contribution is -0.276. The molecule has 0 saturated heterocycles. The van der Waals surface area contributed by atoms with Crippen LogP contribution in [-0.2, 0) is 0 Å². The molecule has 9 nitrogen and oxygen atoms in total. The third kappa shape index (κ3) is 4.95. The number of nitrogens with one attached hydrogen (secondary N) is 1. The first-order chi connectivity index (χ1) is 14.1. The Hall–Kier alpha value is -2.98. The molecule has 0 spiro atoms. The minimum Gasteiger partial charge on any atom is -0.388 e. The summed E-state index contributed by atoms with van der Waals surface area (Å²) in [6.07, 6.45) is -2.02. The third-order valence-corrected chi connectivity index (χ3v) is 5.20. The molecule has 0 bridgehead atoms. The number of carbonyl (C=O) groups excluding carboxylic acids is 1. The van der Waals surface area contributed by atoms with Gasteiger partial charge in [0.25, 0.3) is 5.91 Å². The highest BCUT2D eigenvalue weighted by Gasteiger charge is 2.33. The highest BCUT2D eigenvalue weighted by molar-refractivity contribution is 8.03. The van der Waals surface area contributed by atoms with Crippen molar-refractivity contribution in [1.29, 1.82) is 5.26 Å². The van der Waals surface area contributed by atoms with Crippen LogP contribution in [0.25, 0.3) is 0 Å². The highest BCUT2D eigenvalue weighted by Crippen LogP contribution is 2.39. The lowest BCUT2D eigenvalue weighted by Gasteiger charge is -2.23. The van der Waals surface area contributed by atoms with Gasteiger partial charge in [-0.05, 0) is 13.0 Å². The standard InChI is InChI=1S/C16H13ClF3N7O2S/c1-8(13-22-7-23-27(13)15-26(2)6-10(5-21)30-15)24-14(28)9-3-11(17)25-12(4-9)29-16(18,19)20/h3-4,6-8,15H,1-2H3,(H,24,28)/t8-,15?/m0/s1. The molecular formula is C16H13ClF3N7O2S. The predicted octanol–water partition coefficient (Wildman–Crippen LogP) is 3.22. The van der Waals surface area contributed by atoms with Crippen molar-refractivity contribution in [3.8, 4) is 11.9 Å². The molecule has 2 aromatic heterocycles. The number of amides is 1. The van der Waals surface area contributed by atoms with Gasteiger partial charge < -0.3 is 15.0 Å². The summed E-state index contributed by atoms with van der Waals surface area (Å²) >= 11 is 6.97. The Morgan fingerprint density at radius 2 is 2.20 bits per heavy atom. The number of ether oxygens (including phenoxy) is 1. The maximum Gasteiger partial charge on any atom is 0.574 e. The molecule has 2 atom stereocenters. The number of hydrogen-bond donors (Lipinski definition) is 1. The summed E-state index contributed by atoms with van der Waals surface area (Å²) in [7, 11) is 1.76. The maximum absolute atomic E-state index is 12.6. The first-order valence-corrected chi connectivity index (χ1v) is 9.47. The van der Waals surface area contributed by atoms with Crippen molar-refractivity contribution in [2.75, 3.05) is 7.05 Å². The smallest absolute Gasteiger partial charge is 0.388 e. The van der Waals surface area contributed by atoms with E-state index in [1.807, 2.05) is 0 Å². The fourth-order valence-electron chi connectivity index (χ4n) is 2.61. The number of hydrogen-bond acceptors (Lipinski definition) is 8. The van der Waals surface area contributed by atoms with E-state index in [2.05, 4.69) is 31.2 Å². The van der Waals surface area contributed by atoms with Crippen LogP contribution in [-0.4, -0.2) is 44.0 Å². The summed E-state index contributed by atoms with van der Waals surface area (Å²) < 4.78 is 42.5. The number of halogens is 4. The van der Waals surface area contributed by atoms with Gasteiger partial charge in [0.15, 0.2) is 11.3 Å². The van der Waals surface area contributed by atoms with Crippen LogP contribution >= 0.6 is 23.4 Å². The maximum atomic E-state index is 12.6. The molecule has 30 heavy (non-hydrogen) atoms. The summed E-state index contributed by atoms with van der Waals surface area (Å²) in [5.74, 6) is -1.18. The summed E-state index contributed by atoms with van der Waals surface area (Å²) in [6.45, 7) is 1.63. The van der Waals surface area contributed by atoms with Gasteiger partial charge in [-0.15, -0.1) is 13.2 Å². The summed E-state index contributed by atoms with van der Waals surface area (Å²) in [5.41, 5.74) is -0.549. The zero-order valence-corrected chi connectivity index (χ0v) is 17.0. The van der Waals surface area contributed by atoms with Crippen molar-refractivity contribution in [2.24, 2.45) is 0 Å². The molecule has 14 heteroatoms. The van der Waals surface area contributed by atoms with Gasteiger partial charge in [0.05, 0.1) is 6.04 Å². The molecule has 1 aliphatic heterocycles. The summed E-state index contributed by atoms with van der Waals surface area (Å²) in [4.78, 5) is 22.4. The zero-order valence-electron chi connectivity index (χ0n) is 15.4. The lowest BCUT2D eigenvalue weighted by atomic mass is 10.2. The number of carbonyl (C=O) groups is 1. The van der Waals surface area contributed by atoms with Gasteiger partial charge in [0.1, 0.15) is 22.5 Å². The Balaban J connectivity index is 1.77. The van der Waals surface area contributed by atoms with Crippen LogP contribution in [0.3, 0.4) is 0 Å². The number of rotatable bonds is 5. The first-order valence-electron chi connectivity index (χ1n) is 8.21. The summed E-state index contributed by atoms with van der Waals surface area (Å²) in [5, 5.41) is 15.5. The van der Waals surface area contributed by atoms with E-state index in [0.717, 1.165) is 12.1 Å². The van der Waals surface area contributed by atoms with E-state index >= 15 is 0 Å². The molecule has 158 valence electrons. The van der Waals surface area contributed by atoms with Crippen molar-refractivity contribution < 1.29 is 22.7 Å². The highest BCUT2D eigenvalue weighted by atomic mass is 35.5. The molecule has 0 saturated carbocycles. The quantitative estimate of drug-likeness (QED) is 0.679. The zero-order chi connectivity index (χ0) is 22.1. The average Bonchev–Trinajstić information content (AvgIpc) is 3.25. The van der Waals surface area contributed by atoms with E-state index in [-0.39, 0.29) is 16.2 Å². The predicted molar refractivity (Wildman–Crippen MR) is 99.9 cm³/mol. The SMILES string of the molecule is C[C@H](NC(=O)c1cc(Cl)nc(OC(F)(F)F)c1)c1ncnn1C1SC(C#N)=CN1C. The molecule has 0 aliphatic carbocycles. The second-order valence-electron chi connectivity index (χ2n) is 6.04. The Labute approximate surface area is 177 Å². The van der Waals surface area contributed by atoms with Gasteiger partial charge in [0.2, 0.25) is 5.88 Å². The fourth-order valence-corrected chi connectivity index (χ4v) is 3.81. The molecular weight excluding hydrogens is 447 g/mol. The van der Waals surface area contributed by atoms with Crippen LogP contribution in [0.1, 0.15) is 34.6 Å². The van der Waals surface area contributed by atoms with Crippen molar-refractivity contribution >= 4 is 29.3 Å². The molecule has 2 aromatic rings. The number of thioether (sulfide) groups is 1. The molecule has 0 aromatic carbocycles. The van der Waals surface area contributed by atoms with Crippen molar-refractivity contribution in [1.82, 2.24) is 30.0 Å². The molecule has 1 amide bonds. The van der Waals surface area contributed by atoms with Crippen molar-refractivity contribution in [3.05, 3.63) is 46.1 Å². The van der Waals surface area contributed by atoms with Crippen molar-refractivity contribution in [2.45, 2.75) is 24.8 Å². The van der Waals surface area contributed by atoms with E-state index < -0.39 is 24.2 Å². The van der Waals surface area contributed by atoms with E-state index in [1.165, 1.54) is 22.8 Å². The van der Waals surface area contributed by atoms with Gasteiger partial charge in [0, 0.05) is 24.9 Å². The van der Waals surface area contributed by atoms with Crippen LogP contribution in [0.15, 0.2) is 29.6 Å². The molecule has 0 radical (unpaired) electrons. The third-order valence-electron chi connectivity index (χ3n) is 3.81. The summed E-state index contributed by atoms with van der Waals surface area (Å²) in [6, 6.07) is 3.33. The van der Waals surface area contributed by atoms with E-state index in [4.69, 9.17) is 16.9 Å². The number of pyridine rings is 1. The van der Waals surface area contributed by atoms with Crippen LogP contribution < -0.4 is 10.1 Å². The fraction of sp³-hybridized carbons (Fsp3) is 0.312. The monoisotopic (exact) mass is 459 g/mol. The van der Waals surface area contributed by atoms with Crippen LogP contribution in [0.5, 0.6) is 5.88 Å². The lowest BCUT2D eigenvalue weighted by Crippen LogP contribution is -2.31. The van der Waals surface area contributed by atoms with Gasteiger partial charge >= 0.3 is 6.36 Å². The van der Waals surface area contributed by atoms with Crippen LogP contribution in [0.2, 0.25) is 5.15 Å². The number of aromatic nitrogens is 4. The van der Waals surface area contributed by atoms with E-state index in [0.29, 0.717) is 10.7 Å². The minimum absolute atomic E-state index is 0.173. The Morgan fingerprint density at radius 1 is 1.47 bits per heavy atom. The largest absolute Gasteiger partial charge is 0.574 e. The van der Waals surface area contributed by atoms with Gasteiger partial charge in [-0.25, -0.2) is 14.6 Å². The Bertz CT molecular complexity index is 1040. The first kappa shape index (κ1) is 21.7. The van der Waals surface area contributed by atoms with E-state index in [1.54, 1.807) is 25.1 Å². The Kier molecular flexibility index (Phi) is 6.09. The number of alkyl halides is 3. The van der Waals surface area contributed by atoms with Gasteiger partial charge in [-0.1, -0.05) is 23.4 Å². The average molecular weight is 460 g/mol. The Morgan fingerprint density at radius 3 is 2.83 bits per heavy atom. The molecule has 0 fully saturated rings. The molecule has 3 rings (SSSR count). The second-order valence-corrected chi connectivity index (χ2v) is 7.52. The van der Waals surface area contributed by atoms with Gasteiger partial charge in [-0.2, -0.15) is 10.4 Å². The second kappa shape index (κ2) is 8.41.